The van der Waals surface area contributed by atoms with Crippen LogP contribution in [-0.2, 0) is 4.74 Å². The van der Waals surface area contributed by atoms with Crippen molar-refractivity contribution in [3.05, 3.63) is 11.4 Å². The number of hydrogen-bond acceptors (Lipinski definition) is 5. The maximum Gasteiger partial charge on any atom is 0.137 e. The van der Waals surface area contributed by atoms with Gasteiger partial charge in [-0.25, -0.2) is 9.97 Å². The third-order valence-corrected chi connectivity index (χ3v) is 3.66. The summed E-state index contributed by atoms with van der Waals surface area (Å²) in [5.41, 5.74) is 7.01. The summed E-state index contributed by atoms with van der Waals surface area (Å²) >= 11 is 0. The van der Waals surface area contributed by atoms with E-state index in [4.69, 9.17) is 15.5 Å². The Morgan fingerprint density at radius 3 is 2.78 bits per heavy atom. The molecular weight excluding hydrogens is 228 g/mol. The van der Waals surface area contributed by atoms with Crippen LogP contribution in [0.5, 0.6) is 0 Å². The molecule has 1 aliphatic heterocycles. The molecule has 0 amide bonds. The van der Waals surface area contributed by atoms with Gasteiger partial charge in [-0.05, 0) is 26.7 Å². The van der Waals surface area contributed by atoms with Crippen LogP contribution in [0.2, 0.25) is 0 Å². The van der Waals surface area contributed by atoms with Crippen molar-refractivity contribution < 1.29 is 4.74 Å². The van der Waals surface area contributed by atoms with E-state index in [2.05, 4.69) is 16.8 Å². The van der Waals surface area contributed by atoms with E-state index in [0.29, 0.717) is 11.7 Å². The maximum absolute atomic E-state index is 6.02. The van der Waals surface area contributed by atoms with Crippen molar-refractivity contribution in [3.8, 4) is 0 Å². The van der Waals surface area contributed by atoms with Crippen molar-refractivity contribution in [1.82, 2.24) is 9.97 Å². The molecule has 2 heterocycles. The van der Waals surface area contributed by atoms with E-state index in [1.165, 1.54) is 12.8 Å². The number of nitrogen functional groups attached to an aromatic ring is 1. The zero-order chi connectivity index (χ0) is 12.7. The molecule has 1 saturated heterocycles. The topological polar surface area (TPSA) is 64.3 Å². The van der Waals surface area contributed by atoms with Gasteiger partial charge in [0.1, 0.15) is 17.5 Å². The molecule has 5 heteroatoms. The van der Waals surface area contributed by atoms with E-state index in [-0.39, 0.29) is 6.10 Å². The van der Waals surface area contributed by atoms with Crippen molar-refractivity contribution in [2.75, 3.05) is 30.3 Å². The highest BCUT2D eigenvalue weighted by Gasteiger charge is 2.29. The second kappa shape index (κ2) is 4.39. The van der Waals surface area contributed by atoms with Crippen LogP contribution >= 0.6 is 0 Å². The second-order valence-corrected chi connectivity index (χ2v) is 5.32. The summed E-state index contributed by atoms with van der Waals surface area (Å²) < 4.78 is 5.57. The van der Waals surface area contributed by atoms with E-state index in [1.807, 2.05) is 6.92 Å². The van der Waals surface area contributed by atoms with E-state index < -0.39 is 0 Å². The number of rotatable bonds is 2. The lowest BCUT2D eigenvalue weighted by molar-refractivity contribution is 0.0529. The molecule has 1 aromatic heterocycles. The molecule has 0 bridgehead atoms. The Bertz CT molecular complexity index is 459. The van der Waals surface area contributed by atoms with Gasteiger partial charge in [0, 0.05) is 24.6 Å². The van der Waals surface area contributed by atoms with Gasteiger partial charge in [0.05, 0.1) is 12.7 Å². The molecule has 2 fully saturated rings. The van der Waals surface area contributed by atoms with Crippen LogP contribution in [0, 0.1) is 6.92 Å². The van der Waals surface area contributed by atoms with E-state index in [1.54, 1.807) is 0 Å². The van der Waals surface area contributed by atoms with E-state index >= 15 is 0 Å². The van der Waals surface area contributed by atoms with E-state index in [0.717, 1.165) is 36.9 Å². The molecule has 1 saturated carbocycles. The monoisotopic (exact) mass is 248 g/mol. The molecule has 98 valence electrons. The Balaban J connectivity index is 1.93. The zero-order valence-corrected chi connectivity index (χ0v) is 11.0. The van der Waals surface area contributed by atoms with Crippen LogP contribution in [0.4, 0.5) is 11.6 Å². The highest BCUT2D eigenvalue weighted by Crippen LogP contribution is 2.39. The van der Waals surface area contributed by atoms with Gasteiger partial charge >= 0.3 is 0 Å². The summed E-state index contributed by atoms with van der Waals surface area (Å²) in [5, 5.41) is 0. The van der Waals surface area contributed by atoms with Gasteiger partial charge in [0.15, 0.2) is 0 Å². The Labute approximate surface area is 107 Å². The van der Waals surface area contributed by atoms with Crippen LogP contribution < -0.4 is 10.6 Å². The van der Waals surface area contributed by atoms with Gasteiger partial charge in [-0.1, -0.05) is 0 Å². The molecule has 1 aromatic rings. The first kappa shape index (κ1) is 11.7. The first-order valence-corrected chi connectivity index (χ1v) is 6.65. The number of aromatic nitrogens is 2. The highest BCUT2D eigenvalue weighted by molar-refractivity contribution is 5.57. The maximum atomic E-state index is 6.02. The largest absolute Gasteiger partial charge is 0.383 e. The van der Waals surface area contributed by atoms with Crippen LogP contribution in [0.3, 0.4) is 0 Å². The summed E-state index contributed by atoms with van der Waals surface area (Å²) in [6.07, 6.45) is 2.64. The molecule has 1 atom stereocenters. The second-order valence-electron chi connectivity index (χ2n) is 5.32. The molecule has 0 radical (unpaired) electrons. The molecule has 0 spiro atoms. The van der Waals surface area contributed by atoms with Gasteiger partial charge in [-0.2, -0.15) is 0 Å². The lowest BCUT2D eigenvalue weighted by Crippen LogP contribution is -2.42. The lowest BCUT2D eigenvalue weighted by Gasteiger charge is -2.33. The number of anilines is 2. The third kappa shape index (κ3) is 2.14. The van der Waals surface area contributed by atoms with Crippen LogP contribution in [0.15, 0.2) is 0 Å². The Morgan fingerprint density at radius 1 is 1.33 bits per heavy atom. The van der Waals surface area contributed by atoms with Gasteiger partial charge < -0.3 is 15.4 Å². The minimum Gasteiger partial charge on any atom is -0.383 e. The number of morpholine rings is 1. The number of hydrogen-bond donors (Lipinski definition) is 1. The molecule has 5 nitrogen and oxygen atoms in total. The van der Waals surface area contributed by atoms with Crippen LogP contribution in [0.1, 0.15) is 37.1 Å². The molecule has 0 aromatic carbocycles. The van der Waals surface area contributed by atoms with Gasteiger partial charge in [0.2, 0.25) is 0 Å². The number of nitrogens with two attached hydrogens (primary N) is 1. The summed E-state index contributed by atoms with van der Waals surface area (Å²) in [6.45, 7) is 6.60. The average Bonchev–Trinajstić information content (AvgIpc) is 3.16. The van der Waals surface area contributed by atoms with Crippen molar-refractivity contribution >= 4 is 11.6 Å². The zero-order valence-electron chi connectivity index (χ0n) is 11.0. The Hall–Kier alpha value is -1.36. The van der Waals surface area contributed by atoms with Crippen molar-refractivity contribution in [3.63, 3.8) is 0 Å². The predicted octanol–water partition coefficient (Wildman–Crippen LogP) is 1.47. The van der Waals surface area contributed by atoms with Crippen molar-refractivity contribution in [2.45, 2.75) is 38.7 Å². The van der Waals surface area contributed by atoms with Crippen molar-refractivity contribution in [1.29, 1.82) is 0 Å². The number of nitrogens with zero attached hydrogens (tertiary/aromatic N) is 3. The minimum atomic E-state index is 0.249. The highest BCUT2D eigenvalue weighted by atomic mass is 16.5. The normalized spacial score (nSPS) is 24.3. The van der Waals surface area contributed by atoms with Crippen molar-refractivity contribution in [2.24, 2.45) is 0 Å². The first-order chi connectivity index (χ1) is 8.65. The van der Waals surface area contributed by atoms with Gasteiger partial charge in [-0.15, -0.1) is 0 Å². The molecular formula is C13H20N4O. The summed E-state index contributed by atoms with van der Waals surface area (Å²) in [6, 6.07) is 0. The lowest BCUT2D eigenvalue weighted by atomic mass is 10.2. The molecule has 18 heavy (non-hydrogen) atoms. The fourth-order valence-corrected chi connectivity index (χ4v) is 2.38. The van der Waals surface area contributed by atoms with Gasteiger partial charge in [-0.3, -0.25) is 0 Å². The third-order valence-electron chi connectivity index (χ3n) is 3.66. The quantitative estimate of drug-likeness (QED) is 0.858. The standard InChI is InChI=1S/C13H20N4O/c1-8-7-17(5-6-18-8)13-9(2)11(14)15-12(16-13)10-3-4-10/h8,10H,3-7H2,1-2H3,(H2,14,15,16). The Morgan fingerprint density at radius 2 is 2.11 bits per heavy atom. The average molecular weight is 248 g/mol. The summed E-state index contributed by atoms with van der Waals surface area (Å²) in [4.78, 5) is 11.4. The molecule has 1 unspecified atom stereocenters. The number of ether oxygens (including phenoxy) is 1. The smallest absolute Gasteiger partial charge is 0.137 e. The molecule has 2 aliphatic rings. The SMILES string of the molecule is Cc1c(N)nc(C2CC2)nc1N1CCOC(C)C1. The fourth-order valence-electron chi connectivity index (χ4n) is 2.38. The molecule has 3 rings (SSSR count). The summed E-state index contributed by atoms with van der Waals surface area (Å²) in [5.74, 6) is 3.08. The first-order valence-electron chi connectivity index (χ1n) is 6.65. The molecule has 2 N–H and O–H groups in total. The summed E-state index contributed by atoms with van der Waals surface area (Å²) in [7, 11) is 0. The van der Waals surface area contributed by atoms with Crippen LogP contribution in [-0.4, -0.2) is 35.8 Å². The van der Waals surface area contributed by atoms with Crippen LogP contribution in [0.25, 0.3) is 0 Å². The van der Waals surface area contributed by atoms with E-state index in [9.17, 15) is 0 Å². The minimum absolute atomic E-state index is 0.249. The predicted molar refractivity (Wildman–Crippen MR) is 70.8 cm³/mol. The molecule has 1 aliphatic carbocycles. The Kier molecular flexibility index (Phi) is 2.86. The van der Waals surface area contributed by atoms with Gasteiger partial charge in [0.25, 0.3) is 0 Å². The fraction of sp³-hybridized carbons (Fsp3) is 0.692.